The van der Waals surface area contributed by atoms with Gasteiger partial charge in [-0.05, 0) is 12.0 Å². The molecule has 1 atom stereocenters. The molecule has 24 heavy (non-hydrogen) atoms. The molecule has 1 unspecified atom stereocenters. The lowest BCUT2D eigenvalue weighted by Crippen LogP contribution is -2.37. The molecular formula is C14H16N6O3S. The van der Waals surface area contributed by atoms with Crippen molar-refractivity contribution in [3.8, 4) is 6.07 Å². The number of aliphatic hydroxyl groups is 1. The molecule has 0 spiro atoms. The number of nitrogen functional groups attached to an aromatic ring is 1. The number of β-amino-alcohol motifs (C(OH)–C–C–N with tert-alkyl or cyclic N) is 1. The number of fused-ring (bicyclic) bond motifs is 1. The number of nitro groups is 1. The first kappa shape index (κ1) is 16.4. The Balaban J connectivity index is 1.60. The van der Waals surface area contributed by atoms with E-state index < -0.39 is 11.0 Å². The van der Waals surface area contributed by atoms with E-state index in [1.165, 1.54) is 22.2 Å². The normalized spacial score (nSPS) is 15.7. The number of hydrogen-bond acceptors (Lipinski definition) is 8. The van der Waals surface area contributed by atoms with Crippen LogP contribution in [0.5, 0.6) is 0 Å². The lowest BCUT2D eigenvalue weighted by molar-refractivity contribution is -0.385. The number of rotatable bonds is 5. The van der Waals surface area contributed by atoms with Gasteiger partial charge in [-0.3, -0.25) is 19.7 Å². The number of aliphatic hydroxyl groups excluding tert-OH is 1. The van der Waals surface area contributed by atoms with Crippen molar-refractivity contribution in [3.05, 3.63) is 38.5 Å². The minimum atomic E-state index is -0.696. The average Bonchev–Trinajstić information content (AvgIpc) is 3.10. The van der Waals surface area contributed by atoms with E-state index in [4.69, 9.17) is 11.0 Å². The van der Waals surface area contributed by atoms with Crippen molar-refractivity contribution in [3.63, 3.8) is 0 Å². The standard InChI is InChI=1S/C14H16N6O3S/c15-3-12-11-1-2-18(8-13(11)24-14(12)16)6-10(21)7-19-5-9(4-17-19)20(22)23/h4-5,10,21H,1-2,6-8,16H2. The lowest BCUT2D eigenvalue weighted by Gasteiger charge is -2.28. The molecule has 2 aromatic rings. The molecule has 3 heterocycles. The predicted octanol–water partition coefficient (Wildman–Crippen LogP) is 0.726. The molecule has 2 aromatic heterocycles. The molecule has 0 saturated heterocycles. The van der Waals surface area contributed by atoms with Crippen LogP contribution in [0, 0.1) is 21.4 Å². The van der Waals surface area contributed by atoms with Crippen molar-refractivity contribution in [1.82, 2.24) is 14.7 Å². The number of nitrogens with zero attached hydrogens (tertiary/aromatic N) is 5. The molecule has 0 aromatic carbocycles. The largest absolute Gasteiger partial charge is 0.390 e. The molecule has 126 valence electrons. The monoisotopic (exact) mass is 348 g/mol. The van der Waals surface area contributed by atoms with Gasteiger partial charge in [0.2, 0.25) is 0 Å². The van der Waals surface area contributed by atoms with Crippen LogP contribution in [-0.2, 0) is 19.5 Å². The van der Waals surface area contributed by atoms with Gasteiger partial charge >= 0.3 is 5.69 Å². The summed E-state index contributed by atoms with van der Waals surface area (Å²) in [7, 11) is 0. The third-order valence-electron chi connectivity index (χ3n) is 3.97. The zero-order valence-corrected chi connectivity index (χ0v) is 13.6. The number of anilines is 1. The highest BCUT2D eigenvalue weighted by Gasteiger charge is 2.25. The van der Waals surface area contributed by atoms with Crippen LogP contribution in [0.3, 0.4) is 0 Å². The summed E-state index contributed by atoms with van der Waals surface area (Å²) < 4.78 is 1.37. The smallest absolute Gasteiger partial charge is 0.306 e. The molecule has 9 nitrogen and oxygen atoms in total. The highest BCUT2D eigenvalue weighted by atomic mass is 32.1. The van der Waals surface area contributed by atoms with E-state index in [-0.39, 0.29) is 12.2 Å². The Morgan fingerprint density at radius 1 is 1.58 bits per heavy atom. The van der Waals surface area contributed by atoms with Gasteiger partial charge in [-0.25, -0.2) is 0 Å². The Bertz CT molecular complexity index is 808. The SMILES string of the molecule is N#Cc1c(N)sc2c1CCN(CC(O)Cn1cc([N+](=O)[O-])cn1)C2. The van der Waals surface area contributed by atoms with E-state index in [1.54, 1.807) is 0 Å². The van der Waals surface area contributed by atoms with Gasteiger partial charge in [0.15, 0.2) is 0 Å². The first-order valence-corrected chi connectivity index (χ1v) is 8.17. The van der Waals surface area contributed by atoms with Crippen LogP contribution in [0.25, 0.3) is 0 Å². The van der Waals surface area contributed by atoms with Crippen LogP contribution >= 0.6 is 11.3 Å². The molecule has 0 saturated carbocycles. The summed E-state index contributed by atoms with van der Waals surface area (Å²) in [5.74, 6) is 0. The summed E-state index contributed by atoms with van der Waals surface area (Å²) in [4.78, 5) is 13.3. The molecule has 0 amide bonds. The van der Waals surface area contributed by atoms with Gasteiger partial charge in [0, 0.05) is 24.5 Å². The fourth-order valence-corrected chi connectivity index (χ4v) is 3.99. The van der Waals surface area contributed by atoms with Crippen LogP contribution in [0.4, 0.5) is 10.7 Å². The van der Waals surface area contributed by atoms with E-state index in [2.05, 4.69) is 16.1 Å². The maximum Gasteiger partial charge on any atom is 0.306 e. The Labute approximate surface area is 141 Å². The van der Waals surface area contributed by atoms with Gasteiger partial charge in [-0.15, -0.1) is 11.3 Å². The third-order valence-corrected chi connectivity index (χ3v) is 5.02. The van der Waals surface area contributed by atoms with Gasteiger partial charge in [0.1, 0.15) is 23.5 Å². The van der Waals surface area contributed by atoms with Crippen LogP contribution in [0.1, 0.15) is 16.0 Å². The summed E-state index contributed by atoms with van der Waals surface area (Å²) in [5.41, 5.74) is 7.38. The van der Waals surface area contributed by atoms with Crippen molar-refractivity contribution >= 4 is 22.0 Å². The number of aromatic nitrogens is 2. The second kappa shape index (κ2) is 6.56. The van der Waals surface area contributed by atoms with Crippen LogP contribution < -0.4 is 5.73 Å². The predicted molar refractivity (Wildman–Crippen MR) is 87.3 cm³/mol. The van der Waals surface area contributed by atoms with Gasteiger partial charge in [0.25, 0.3) is 0 Å². The summed E-state index contributed by atoms with van der Waals surface area (Å²) >= 11 is 1.42. The zero-order valence-electron chi connectivity index (χ0n) is 12.8. The van der Waals surface area contributed by atoms with Crippen LogP contribution in [0.15, 0.2) is 12.4 Å². The minimum absolute atomic E-state index is 0.0945. The number of nitrogens with two attached hydrogens (primary N) is 1. The van der Waals surface area contributed by atoms with Crippen molar-refractivity contribution < 1.29 is 10.0 Å². The van der Waals surface area contributed by atoms with Crippen molar-refractivity contribution in [2.45, 2.75) is 25.6 Å². The van der Waals surface area contributed by atoms with E-state index >= 15 is 0 Å². The Hall–Kier alpha value is -2.48. The highest BCUT2D eigenvalue weighted by molar-refractivity contribution is 7.16. The maximum atomic E-state index is 10.6. The average molecular weight is 348 g/mol. The topological polar surface area (TPSA) is 134 Å². The van der Waals surface area contributed by atoms with E-state index in [0.717, 1.165) is 29.6 Å². The van der Waals surface area contributed by atoms with E-state index in [9.17, 15) is 15.2 Å². The fraction of sp³-hybridized carbons (Fsp3) is 0.429. The van der Waals surface area contributed by atoms with Crippen molar-refractivity contribution in [1.29, 1.82) is 5.26 Å². The molecular weight excluding hydrogens is 332 g/mol. The number of hydrogen-bond donors (Lipinski definition) is 2. The Morgan fingerprint density at radius 2 is 2.38 bits per heavy atom. The summed E-state index contributed by atoms with van der Waals surface area (Å²) in [5, 5.41) is 34.4. The molecule has 0 fully saturated rings. The first-order chi connectivity index (χ1) is 11.5. The van der Waals surface area contributed by atoms with Crippen molar-refractivity contribution in [2.24, 2.45) is 0 Å². The van der Waals surface area contributed by atoms with E-state index in [1.807, 2.05) is 0 Å². The molecule has 3 N–H and O–H groups in total. The molecule has 0 aliphatic carbocycles. The minimum Gasteiger partial charge on any atom is -0.390 e. The summed E-state index contributed by atoms with van der Waals surface area (Å²) in [6, 6.07) is 2.15. The van der Waals surface area contributed by atoms with Gasteiger partial charge < -0.3 is 10.8 Å². The fourth-order valence-electron chi connectivity index (χ4n) is 2.87. The molecule has 3 rings (SSSR count). The van der Waals surface area contributed by atoms with Gasteiger partial charge in [-0.1, -0.05) is 0 Å². The van der Waals surface area contributed by atoms with Gasteiger partial charge in [-0.2, -0.15) is 10.4 Å². The molecule has 0 bridgehead atoms. The Kier molecular flexibility index (Phi) is 4.48. The first-order valence-electron chi connectivity index (χ1n) is 7.35. The third kappa shape index (κ3) is 3.23. The molecule has 0 radical (unpaired) electrons. The molecule has 10 heteroatoms. The van der Waals surface area contributed by atoms with E-state index in [0.29, 0.717) is 23.7 Å². The van der Waals surface area contributed by atoms with Gasteiger partial charge in [0.05, 0.1) is 23.1 Å². The zero-order chi connectivity index (χ0) is 17.3. The molecule has 1 aliphatic heterocycles. The second-order valence-corrected chi connectivity index (χ2v) is 6.81. The van der Waals surface area contributed by atoms with Crippen LogP contribution in [0.2, 0.25) is 0 Å². The lowest BCUT2D eigenvalue weighted by atomic mass is 10.0. The van der Waals surface area contributed by atoms with Crippen LogP contribution in [-0.4, -0.2) is 43.9 Å². The summed E-state index contributed by atoms with van der Waals surface area (Å²) in [6.45, 7) is 1.98. The summed E-state index contributed by atoms with van der Waals surface area (Å²) in [6.07, 6.45) is 2.50. The number of nitriles is 1. The highest BCUT2D eigenvalue weighted by Crippen LogP contribution is 2.34. The number of thiophene rings is 1. The Morgan fingerprint density at radius 3 is 3.04 bits per heavy atom. The quantitative estimate of drug-likeness (QED) is 0.600. The van der Waals surface area contributed by atoms with Crippen molar-refractivity contribution in [2.75, 3.05) is 18.8 Å². The maximum absolute atomic E-state index is 10.6. The molecule has 1 aliphatic rings. The second-order valence-electron chi connectivity index (χ2n) is 5.67.